The molecule has 2 nitrogen and oxygen atoms in total. The molecule has 0 saturated heterocycles. The summed E-state index contributed by atoms with van der Waals surface area (Å²) in [7, 11) is 0. The second-order valence-electron chi connectivity index (χ2n) is 5.86. The topological polar surface area (TPSA) is 29.5 Å². The third-order valence-electron chi connectivity index (χ3n) is 4.23. The lowest BCUT2D eigenvalue weighted by Crippen LogP contribution is -2.27. The number of rotatable bonds is 8. The van der Waals surface area contributed by atoms with E-state index in [-0.39, 0.29) is 12.2 Å². The summed E-state index contributed by atoms with van der Waals surface area (Å²) in [6.07, 6.45) is 8.92. The maximum atomic E-state index is 10.4. The molecule has 2 unspecified atom stereocenters. The van der Waals surface area contributed by atoms with Gasteiger partial charge < -0.3 is 9.84 Å². The maximum absolute atomic E-state index is 10.4. The second-order valence-corrected chi connectivity index (χ2v) is 5.86. The molecule has 1 aliphatic heterocycles. The summed E-state index contributed by atoms with van der Waals surface area (Å²) in [5, 5.41) is 10.4. The van der Waals surface area contributed by atoms with Crippen molar-refractivity contribution in [2.75, 3.05) is 6.61 Å². The first kappa shape index (κ1) is 15.5. The molecule has 2 heteroatoms. The van der Waals surface area contributed by atoms with Crippen molar-refractivity contribution in [3.05, 3.63) is 35.4 Å². The molecule has 1 aliphatic rings. The molecule has 1 aromatic rings. The van der Waals surface area contributed by atoms with Gasteiger partial charge in [0.2, 0.25) is 0 Å². The first-order chi connectivity index (χ1) is 9.83. The first-order valence-electron chi connectivity index (χ1n) is 8.20. The van der Waals surface area contributed by atoms with Crippen LogP contribution in [0.25, 0.3) is 0 Å². The Morgan fingerprint density at radius 3 is 2.75 bits per heavy atom. The fourth-order valence-corrected chi connectivity index (χ4v) is 3.03. The highest BCUT2D eigenvalue weighted by Crippen LogP contribution is 2.31. The van der Waals surface area contributed by atoms with Crippen molar-refractivity contribution in [1.82, 2.24) is 0 Å². The van der Waals surface area contributed by atoms with Crippen LogP contribution in [0.3, 0.4) is 0 Å². The lowest BCUT2D eigenvalue weighted by atomic mass is 9.92. The second kappa shape index (κ2) is 8.43. The predicted octanol–water partition coefficient (Wildman–Crippen LogP) is 4.41. The van der Waals surface area contributed by atoms with Gasteiger partial charge in [-0.15, -0.1) is 0 Å². The van der Waals surface area contributed by atoms with E-state index in [1.54, 1.807) is 0 Å². The molecular weight excluding hydrogens is 248 g/mol. The molecule has 1 N–H and O–H groups in total. The molecule has 0 aliphatic carbocycles. The van der Waals surface area contributed by atoms with Gasteiger partial charge in [0, 0.05) is 0 Å². The van der Waals surface area contributed by atoms with Gasteiger partial charge in [0.1, 0.15) is 6.10 Å². The van der Waals surface area contributed by atoms with Gasteiger partial charge in [-0.1, -0.05) is 69.7 Å². The fraction of sp³-hybridized carbons (Fsp3) is 0.667. The minimum absolute atomic E-state index is 0.115. The summed E-state index contributed by atoms with van der Waals surface area (Å²) in [5.74, 6) is 0. The van der Waals surface area contributed by atoms with E-state index in [4.69, 9.17) is 4.74 Å². The molecule has 20 heavy (non-hydrogen) atoms. The van der Waals surface area contributed by atoms with E-state index in [1.807, 2.05) is 6.07 Å². The van der Waals surface area contributed by atoms with Gasteiger partial charge in [-0.3, -0.25) is 0 Å². The number of hydrogen-bond donors (Lipinski definition) is 1. The summed E-state index contributed by atoms with van der Waals surface area (Å²) >= 11 is 0. The third-order valence-corrected chi connectivity index (χ3v) is 4.23. The Kier molecular flexibility index (Phi) is 6.55. The van der Waals surface area contributed by atoms with Crippen LogP contribution < -0.4 is 0 Å². The van der Waals surface area contributed by atoms with Crippen LogP contribution in [0.5, 0.6) is 0 Å². The quantitative estimate of drug-likeness (QED) is 0.713. The summed E-state index contributed by atoms with van der Waals surface area (Å²) in [4.78, 5) is 0. The zero-order valence-corrected chi connectivity index (χ0v) is 12.7. The molecule has 0 radical (unpaired) electrons. The molecule has 0 spiro atoms. The minimum Gasteiger partial charge on any atom is -0.390 e. The number of hydrogen-bond acceptors (Lipinski definition) is 2. The summed E-state index contributed by atoms with van der Waals surface area (Å²) in [5.41, 5.74) is 2.53. The van der Waals surface area contributed by atoms with Crippen LogP contribution in [0, 0.1) is 0 Å². The van der Waals surface area contributed by atoms with Gasteiger partial charge in [0.25, 0.3) is 0 Å². The normalized spacial score (nSPS) is 19.6. The molecule has 0 saturated carbocycles. The first-order valence-corrected chi connectivity index (χ1v) is 8.20. The van der Waals surface area contributed by atoms with Crippen LogP contribution >= 0.6 is 0 Å². The molecule has 112 valence electrons. The van der Waals surface area contributed by atoms with Gasteiger partial charge in [0.15, 0.2) is 0 Å². The van der Waals surface area contributed by atoms with Gasteiger partial charge in [-0.05, 0) is 24.0 Å². The number of aliphatic hydroxyl groups excluding tert-OH is 1. The lowest BCUT2D eigenvalue weighted by Gasteiger charge is -2.29. The maximum Gasteiger partial charge on any atom is 0.109 e. The Morgan fingerprint density at radius 2 is 1.90 bits per heavy atom. The van der Waals surface area contributed by atoms with E-state index < -0.39 is 0 Å². The van der Waals surface area contributed by atoms with Crippen LogP contribution in [0.1, 0.15) is 69.1 Å². The van der Waals surface area contributed by atoms with E-state index in [0.29, 0.717) is 0 Å². The monoisotopic (exact) mass is 276 g/mol. The Balaban J connectivity index is 1.77. The zero-order chi connectivity index (χ0) is 14.2. The Labute approximate surface area is 123 Å². The van der Waals surface area contributed by atoms with Crippen LogP contribution in [-0.2, 0) is 11.2 Å². The number of ether oxygens (including phenoxy) is 1. The van der Waals surface area contributed by atoms with Crippen molar-refractivity contribution in [3.63, 3.8) is 0 Å². The van der Waals surface area contributed by atoms with Crippen molar-refractivity contribution in [1.29, 1.82) is 0 Å². The Bertz CT molecular complexity index is 389. The van der Waals surface area contributed by atoms with Gasteiger partial charge >= 0.3 is 0 Å². The van der Waals surface area contributed by atoms with E-state index >= 15 is 0 Å². The average Bonchev–Trinajstić information content (AvgIpc) is 2.50. The molecule has 1 aromatic carbocycles. The number of unbranched alkanes of at least 4 members (excludes halogenated alkanes) is 5. The van der Waals surface area contributed by atoms with Crippen molar-refractivity contribution >= 4 is 0 Å². The Hall–Kier alpha value is -0.860. The van der Waals surface area contributed by atoms with E-state index in [2.05, 4.69) is 25.1 Å². The predicted molar refractivity (Wildman–Crippen MR) is 82.8 cm³/mol. The van der Waals surface area contributed by atoms with E-state index in [0.717, 1.165) is 25.9 Å². The fourth-order valence-electron chi connectivity index (χ4n) is 3.03. The van der Waals surface area contributed by atoms with Crippen LogP contribution in [0.15, 0.2) is 24.3 Å². The molecule has 0 fully saturated rings. The smallest absolute Gasteiger partial charge is 0.109 e. The van der Waals surface area contributed by atoms with E-state index in [9.17, 15) is 5.11 Å². The molecule has 0 amide bonds. The van der Waals surface area contributed by atoms with Crippen LogP contribution in [0.2, 0.25) is 0 Å². The average molecular weight is 276 g/mol. The number of fused-ring (bicyclic) bond motifs is 1. The highest BCUT2D eigenvalue weighted by molar-refractivity contribution is 5.31. The third kappa shape index (κ3) is 4.32. The largest absolute Gasteiger partial charge is 0.390 e. The van der Waals surface area contributed by atoms with Crippen LogP contribution in [-0.4, -0.2) is 17.8 Å². The lowest BCUT2D eigenvalue weighted by molar-refractivity contribution is -0.0503. The summed E-state index contributed by atoms with van der Waals surface area (Å²) in [6, 6.07) is 8.37. The van der Waals surface area contributed by atoms with Crippen molar-refractivity contribution in [2.45, 2.75) is 70.5 Å². The summed E-state index contributed by atoms with van der Waals surface area (Å²) in [6.45, 7) is 2.97. The van der Waals surface area contributed by atoms with Gasteiger partial charge in [0.05, 0.1) is 12.7 Å². The van der Waals surface area contributed by atoms with Crippen molar-refractivity contribution < 1.29 is 9.84 Å². The molecular formula is C18H28O2. The Morgan fingerprint density at radius 1 is 1.15 bits per heavy atom. The molecule has 2 atom stereocenters. The van der Waals surface area contributed by atoms with Crippen LogP contribution in [0.4, 0.5) is 0 Å². The highest BCUT2D eigenvalue weighted by atomic mass is 16.5. The molecule has 2 rings (SSSR count). The molecule has 1 heterocycles. The van der Waals surface area contributed by atoms with Gasteiger partial charge in [-0.25, -0.2) is 0 Å². The van der Waals surface area contributed by atoms with Gasteiger partial charge in [-0.2, -0.15) is 0 Å². The number of benzene rings is 1. The molecule has 0 aromatic heterocycles. The number of aliphatic hydroxyl groups is 1. The zero-order valence-electron chi connectivity index (χ0n) is 12.7. The standard InChI is InChI=1S/C18H28O2/c1-2-3-4-5-6-7-12-17(19)18-16-11-9-8-10-15(16)13-14-20-18/h8-11,17-19H,2-7,12-14H2,1H3. The highest BCUT2D eigenvalue weighted by Gasteiger charge is 2.26. The SMILES string of the molecule is CCCCCCCCC(O)C1OCCc2ccccc21. The van der Waals surface area contributed by atoms with Crippen molar-refractivity contribution in [2.24, 2.45) is 0 Å². The summed E-state index contributed by atoms with van der Waals surface area (Å²) < 4.78 is 5.81. The molecule has 0 bridgehead atoms. The van der Waals surface area contributed by atoms with E-state index in [1.165, 1.54) is 43.2 Å². The van der Waals surface area contributed by atoms with Crippen molar-refractivity contribution in [3.8, 4) is 0 Å². The minimum atomic E-state index is -0.359.